The first-order chi connectivity index (χ1) is 15.6. The number of hydrogen-bond donors (Lipinski definition) is 1. The molecule has 4 rings (SSSR count). The van der Waals surface area contributed by atoms with Crippen molar-refractivity contribution in [3.8, 4) is 11.1 Å². The fourth-order valence-corrected chi connectivity index (χ4v) is 4.25. The van der Waals surface area contributed by atoms with Crippen molar-refractivity contribution in [2.75, 3.05) is 26.7 Å². The van der Waals surface area contributed by atoms with E-state index in [1.807, 2.05) is 60.7 Å². The van der Waals surface area contributed by atoms with Crippen molar-refractivity contribution in [3.05, 3.63) is 96.1 Å². The minimum absolute atomic E-state index is 0.00538. The van der Waals surface area contributed by atoms with E-state index in [1.54, 1.807) is 11.9 Å². The van der Waals surface area contributed by atoms with Gasteiger partial charge in [-0.15, -0.1) is 0 Å². The molecule has 1 saturated heterocycles. The van der Waals surface area contributed by atoms with E-state index in [0.717, 1.165) is 22.3 Å². The fourth-order valence-electron chi connectivity index (χ4n) is 4.25. The second kappa shape index (κ2) is 9.79. The summed E-state index contributed by atoms with van der Waals surface area (Å²) >= 11 is 0. The van der Waals surface area contributed by atoms with Gasteiger partial charge in [-0.3, -0.25) is 9.59 Å². The summed E-state index contributed by atoms with van der Waals surface area (Å²) in [4.78, 5) is 27.8. The molecular weight excluding hydrogens is 400 g/mol. The highest BCUT2D eigenvalue weighted by molar-refractivity contribution is 5.87. The summed E-state index contributed by atoms with van der Waals surface area (Å²) in [6.07, 6.45) is 0.705. The number of hydrogen-bond acceptors (Lipinski definition) is 3. The van der Waals surface area contributed by atoms with Gasteiger partial charge in [0.2, 0.25) is 5.91 Å². The van der Waals surface area contributed by atoms with Crippen molar-refractivity contribution in [1.29, 1.82) is 0 Å². The molecule has 32 heavy (non-hydrogen) atoms. The van der Waals surface area contributed by atoms with E-state index in [9.17, 15) is 9.59 Å². The Labute approximate surface area is 189 Å². The molecule has 0 saturated carbocycles. The second-order valence-electron chi connectivity index (χ2n) is 8.14. The van der Waals surface area contributed by atoms with Gasteiger partial charge in [0.1, 0.15) is 0 Å². The monoisotopic (exact) mass is 428 g/mol. The lowest BCUT2D eigenvalue weighted by Gasteiger charge is -2.41. The maximum Gasteiger partial charge on any atom is 0.254 e. The first-order valence-corrected chi connectivity index (χ1v) is 10.9. The summed E-state index contributed by atoms with van der Waals surface area (Å²) in [6.45, 7) is 1.04. The molecule has 5 nitrogen and oxygen atoms in total. The number of likely N-dealkylation sites (N-methyl/N-ethyl adjacent to an activating group) is 1. The molecule has 164 valence electrons. The van der Waals surface area contributed by atoms with Crippen molar-refractivity contribution in [2.24, 2.45) is 0 Å². The van der Waals surface area contributed by atoms with Crippen LogP contribution in [0.1, 0.15) is 11.1 Å². The molecule has 0 aliphatic carbocycles. The predicted octanol–water partition coefficient (Wildman–Crippen LogP) is 3.48. The summed E-state index contributed by atoms with van der Waals surface area (Å²) in [5.41, 5.74) is 3.04. The Morgan fingerprint density at radius 2 is 1.56 bits per heavy atom. The van der Waals surface area contributed by atoms with E-state index in [-0.39, 0.29) is 18.4 Å². The molecule has 0 radical (unpaired) electrons. The van der Waals surface area contributed by atoms with Crippen molar-refractivity contribution in [3.63, 3.8) is 0 Å². The third-order valence-electron chi connectivity index (χ3n) is 5.90. The van der Waals surface area contributed by atoms with Crippen molar-refractivity contribution in [1.82, 2.24) is 10.2 Å². The zero-order valence-electron chi connectivity index (χ0n) is 18.3. The maximum absolute atomic E-state index is 13.0. The Balaban J connectivity index is 1.56. The Bertz CT molecular complexity index is 1070. The maximum atomic E-state index is 13.0. The highest BCUT2D eigenvalue weighted by atomic mass is 16.5. The SMILES string of the molecule is CNC(=O)[C@@]1(Cc2cccc(-c3ccccc3)c2)CN(C(=O)Cc2ccccc2)CCO1. The van der Waals surface area contributed by atoms with Gasteiger partial charge in [-0.25, -0.2) is 0 Å². The molecule has 2 amide bonds. The highest BCUT2D eigenvalue weighted by Gasteiger charge is 2.44. The van der Waals surface area contributed by atoms with Gasteiger partial charge in [0, 0.05) is 20.0 Å². The summed E-state index contributed by atoms with van der Waals surface area (Å²) in [5, 5.41) is 2.75. The van der Waals surface area contributed by atoms with Crippen LogP contribution in [-0.2, 0) is 27.2 Å². The average molecular weight is 429 g/mol. The molecule has 3 aromatic rings. The van der Waals surface area contributed by atoms with Crippen molar-refractivity contribution >= 4 is 11.8 Å². The molecule has 0 aromatic heterocycles. The van der Waals surface area contributed by atoms with E-state index in [0.29, 0.717) is 26.0 Å². The number of rotatable bonds is 6. The fraction of sp³-hybridized carbons (Fsp3) is 0.259. The number of morpholine rings is 1. The lowest BCUT2D eigenvalue weighted by molar-refractivity contribution is -0.165. The number of carbonyl (C=O) groups excluding carboxylic acids is 2. The Morgan fingerprint density at radius 3 is 2.28 bits per heavy atom. The number of benzene rings is 3. The Hall–Kier alpha value is -3.44. The van der Waals surface area contributed by atoms with Crippen molar-refractivity contribution < 1.29 is 14.3 Å². The second-order valence-corrected chi connectivity index (χ2v) is 8.14. The molecule has 0 unspecified atom stereocenters. The van der Waals surface area contributed by atoms with Gasteiger partial charge in [-0.1, -0.05) is 84.9 Å². The zero-order chi connectivity index (χ0) is 22.4. The van der Waals surface area contributed by atoms with Crippen LogP contribution in [0.25, 0.3) is 11.1 Å². The van der Waals surface area contributed by atoms with Crippen LogP contribution in [-0.4, -0.2) is 49.1 Å². The lowest BCUT2D eigenvalue weighted by Crippen LogP contribution is -2.61. The van der Waals surface area contributed by atoms with Gasteiger partial charge in [-0.05, 0) is 22.3 Å². The summed E-state index contributed by atoms with van der Waals surface area (Å²) in [5.74, 6) is -0.203. The largest absolute Gasteiger partial charge is 0.361 e. The first kappa shape index (κ1) is 21.8. The predicted molar refractivity (Wildman–Crippen MR) is 125 cm³/mol. The van der Waals surface area contributed by atoms with Crippen LogP contribution in [0.4, 0.5) is 0 Å². The normalized spacial score (nSPS) is 18.2. The minimum atomic E-state index is -1.12. The first-order valence-electron chi connectivity index (χ1n) is 10.9. The molecule has 0 bridgehead atoms. The van der Waals surface area contributed by atoms with Gasteiger partial charge in [0.05, 0.1) is 19.6 Å². The molecule has 1 N–H and O–H groups in total. The topological polar surface area (TPSA) is 58.6 Å². The molecule has 1 aliphatic heterocycles. The van der Waals surface area contributed by atoms with Crippen LogP contribution < -0.4 is 5.32 Å². The molecular formula is C27H28N2O3. The molecule has 0 spiro atoms. The van der Waals surface area contributed by atoms with Gasteiger partial charge >= 0.3 is 0 Å². The van der Waals surface area contributed by atoms with Gasteiger partial charge in [0.15, 0.2) is 5.60 Å². The molecule has 1 atom stereocenters. The van der Waals surface area contributed by atoms with Crippen molar-refractivity contribution in [2.45, 2.75) is 18.4 Å². The van der Waals surface area contributed by atoms with Crippen LogP contribution in [0.15, 0.2) is 84.9 Å². The third-order valence-corrected chi connectivity index (χ3v) is 5.90. The number of nitrogens with zero attached hydrogens (tertiary/aromatic N) is 1. The van der Waals surface area contributed by atoms with Crippen LogP contribution in [0, 0.1) is 0 Å². The quantitative estimate of drug-likeness (QED) is 0.654. The number of ether oxygens (including phenoxy) is 1. The van der Waals surface area contributed by atoms with E-state index in [1.165, 1.54) is 0 Å². The molecule has 5 heteroatoms. The van der Waals surface area contributed by atoms with Crippen LogP contribution in [0.2, 0.25) is 0 Å². The number of amides is 2. The van der Waals surface area contributed by atoms with E-state index < -0.39 is 5.60 Å². The molecule has 1 aliphatic rings. The molecule has 1 fully saturated rings. The van der Waals surface area contributed by atoms with E-state index >= 15 is 0 Å². The minimum Gasteiger partial charge on any atom is -0.361 e. The lowest BCUT2D eigenvalue weighted by atomic mass is 9.89. The van der Waals surface area contributed by atoms with Crippen LogP contribution in [0.3, 0.4) is 0 Å². The van der Waals surface area contributed by atoms with Gasteiger partial charge in [0.25, 0.3) is 5.91 Å². The van der Waals surface area contributed by atoms with Gasteiger partial charge in [-0.2, -0.15) is 0 Å². The van der Waals surface area contributed by atoms with Crippen LogP contribution in [0.5, 0.6) is 0 Å². The van der Waals surface area contributed by atoms with Gasteiger partial charge < -0.3 is 15.0 Å². The van der Waals surface area contributed by atoms with E-state index in [2.05, 4.69) is 29.6 Å². The smallest absolute Gasteiger partial charge is 0.254 e. The summed E-state index contributed by atoms with van der Waals surface area (Å²) < 4.78 is 6.09. The van der Waals surface area contributed by atoms with E-state index in [4.69, 9.17) is 4.74 Å². The average Bonchev–Trinajstić information content (AvgIpc) is 2.85. The van der Waals surface area contributed by atoms with Crippen LogP contribution >= 0.6 is 0 Å². The highest BCUT2D eigenvalue weighted by Crippen LogP contribution is 2.27. The summed E-state index contributed by atoms with van der Waals surface area (Å²) in [7, 11) is 1.61. The zero-order valence-corrected chi connectivity index (χ0v) is 18.3. The Kier molecular flexibility index (Phi) is 6.66. The number of carbonyl (C=O) groups is 2. The molecule has 3 aromatic carbocycles. The number of nitrogens with one attached hydrogen (secondary N) is 1. The summed E-state index contributed by atoms with van der Waals surface area (Å²) in [6, 6.07) is 28.0. The third kappa shape index (κ3) is 4.89. The molecule has 1 heterocycles. The Morgan fingerprint density at radius 1 is 0.906 bits per heavy atom. The standard InChI is InChI=1S/C27H28N2O3/c1-28-26(31)27(19-22-11-8-14-24(17-22)23-12-6-3-7-13-23)20-29(15-16-32-27)25(30)18-21-9-4-2-5-10-21/h2-14,17H,15-16,18-20H2,1H3,(H,28,31)/t27-/m1/s1.